The summed E-state index contributed by atoms with van der Waals surface area (Å²) in [5.41, 5.74) is 0.272. The molecule has 1 amide bonds. The minimum absolute atomic E-state index is 0.272. The van der Waals surface area contributed by atoms with Gasteiger partial charge in [0.15, 0.2) is 6.10 Å². The van der Waals surface area contributed by atoms with Crippen molar-refractivity contribution in [3.05, 3.63) is 23.9 Å². The van der Waals surface area contributed by atoms with Gasteiger partial charge in [0.1, 0.15) is 0 Å². The molecule has 0 saturated heterocycles. The van der Waals surface area contributed by atoms with Crippen LogP contribution in [-0.4, -0.2) is 49.1 Å². The quantitative estimate of drug-likeness (QED) is 0.739. The third kappa shape index (κ3) is 3.44. The lowest BCUT2D eigenvalue weighted by atomic mass is 10.3. The van der Waals surface area contributed by atoms with Gasteiger partial charge < -0.3 is 14.4 Å². The Hall–Kier alpha value is -2.11. The molecule has 0 fully saturated rings. The van der Waals surface area contributed by atoms with Crippen LogP contribution in [0.1, 0.15) is 17.3 Å². The molecule has 1 aromatic heterocycles. The first-order valence-corrected chi connectivity index (χ1v) is 5.38. The average Bonchev–Trinajstić information content (AvgIpc) is 2.37. The summed E-state index contributed by atoms with van der Waals surface area (Å²) < 4.78 is 9.90. The second-order valence-electron chi connectivity index (χ2n) is 3.87. The number of aromatic nitrogens is 1. The molecule has 0 aliphatic rings. The van der Waals surface area contributed by atoms with Gasteiger partial charge in [-0.05, 0) is 13.0 Å². The Labute approximate surface area is 106 Å². The Morgan fingerprint density at radius 3 is 2.44 bits per heavy atom. The number of rotatable bonds is 4. The molecule has 0 aromatic carbocycles. The van der Waals surface area contributed by atoms with Crippen LogP contribution in [0.3, 0.4) is 0 Å². The molecule has 0 bridgehead atoms. The van der Waals surface area contributed by atoms with Gasteiger partial charge in [0.2, 0.25) is 5.88 Å². The molecule has 1 aromatic rings. The van der Waals surface area contributed by atoms with Crippen LogP contribution in [0.4, 0.5) is 0 Å². The van der Waals surface area contributed by atoms with Crippen LogP contribution >= 0.6 is 0 Å². The van der Waals surface area contributed by atoms with E-state index in [0.717, 1.165) is 0 Å². The number of ether oxygens (including phenoxy) is 2. The molecule has 0 N–H and O–H groups in total. The zero-order valence-corrected chi connectivity index (χ0v) is 10.8. The predicted molar refractivity (Wildman–Crippen MR) is 64.4 cm³/mol. The number of carbonyl (C=O) groups excluding carboxylic acids is 2. The summed E-state index contributed by atoms with van der Waals surface area (Å²) in [6.45, 7) is 1.52. The van der Waals surface area contributed by atoms with Gasteiger partial charge in [0, 0.05) is 26.4 Å². The average molecular weight is 252 g/mol. The van der Waals surface area contributed by atoms with Crippen LogP contribution in [-0.2, 0) is 9.53 Å². The van der Waals surface area contributed by atoms with E-state index in [1.165, 1.54) is 31.2 Å². The van der Waals surface area contributed by atoms with Gasteiger partial charge in [-0.2, -0.15) is 0 Å². The lowest BCUT2D eigenvalue weighted by Gasteiger charge is -2.17. The van der Waals surface area contributed by atoms with E-state index < -0.39 is 12.1 Å². The zero-order chi connectivity index (χ0) is 13.7. The van der Waals surface area contributed by atoms with E-state index >= 15 is 0 Å². The first-order valence-electron chi connectivity index (χ1n) is 5.38. The molecule has 1 atom stereocenters. The van der Waals surface area contributed by atoms with Gasteiger partial charge in [0.25, 0.3) is 5.91 Å². The summed E-state index contributed by atoms with van der Waals surface area (Å²) in [6, 6.07) is 3.08. The maximum absolute atomic E-state index is 11.7. The summed E-state index contributed by atoms with van der Waals surface area (Å²) in [5, 5.41) is 0. The first kappa shape index (κ1) is 14.0. The molecule has 18 heavy (non-hydrogen) atoms. The maximum Gasteiger partial charge on any atom is 0.340 e. The van der Waals surface area contributed by atoms with Gasteiger partial charge in [-0.15, -0.1) is 0 Å². The molecule has 0 radical (unpaired) electrons. The fourth-order valence-corrected chi connectivity index (χ4v) is 1.26. The fourth-order valence-electron chi connectivity index (χ4n) is 1.26. The Morgan fingerprint density at radius 2 is 2.00 bits per heavy atom. The maximum atomic E-state index is 11.7. The second kappa shape index (κ2) is 6.00. The summed E-state index contributed by atoms with van der Waals surface area (Å²) in [6.07, 6.45) is 0.517. The van der Waals surface area contributed by atoms with Gasteiger partial charge in [-0.1, -0.05) is 0 Å². The fraction of sp³-hybridized carbons (Fsp3) is 0.417. The molecule has 0 spiro atoms. The molecule has 98 valence electrons. The molecule has 0 aliphatic carbocycles. The summed E-state index contributed by atoms with van der Waals surface area (Å²) in [4.78, 5) is 28.5. The third-order valence-electron chi connectivity index (χ3n) is 2.25. The van der Waals surface area contributed by atoms with E-state index in [1.54, 1.807) is 20.2 Å². The zero-order valence-electron chi connectivity index (χ0n) is 10.8. The standard InChI is InChI=1S/C12H16N2O4/c1-8(11(15)14(2)3)18-12(16)9-5-6-10(17-4)13-7-9/h5-8H,1-4H3. The van der Waals surface area contributed by atoms with E-state index in [1.807, 2.05) is 0 Å². The lowest BCUT2D eigenvalue weighted by Crippen LogP contribution is -2.34. The van der Waals surface area contributed by atoms with Crippen molar-refractivity contribution >= 4 is 11.9 Å². The lowest BCUT2D eigenvalue weighted by molar-refractivity contribution is -0.137. The van der Waals surface area contributed by atoms with Crippen LogP contribution in [0.5, 0.6) is 5.88 Å². The smallest absolute Gasteiger partial charge is 0.340 e. The topological polar surface area (TPSA) is 68.7 Å². The molecule has 0 aliphatic heterocycles. The summed E-state index contributed by atoms with van der Waals surface area (Å²) in [5.74, 6) is -0.457. The number of hydrogen-bond donors (Lipinski definition) is 0. The number of methoxy groups -OCH3 is 1. The van der Waals surface area contributed by atoms with Crippen LogP contribution in [0.25, 0.3) is 0 Å². The molecular weight excluding hydrogens is 236 g/mol. The number of likely N-dealkylation sites (N-methyl/N-ethyl adjacent to an activating group) is 1. The molecule has 0 saturated carbocycles. The number of hydrogen-bond acceptors (Lipinski definition) is 5. The van der Waals surface area contributed by atoms with Crippen molar-refractivity contribution in [3.63, 3.8) is 0 Å². The van der Waals surface area contributed by atoms with Crippen molar-refractivity contribution < 1.29 is 19.1 Å². The number of nitrogens with zero attached hydrogens (tertiary/aromatic N) is 2. The Balaban J connectivity index is 2.67. The van der Waals surface area contributed by atoms with Crippen molar-refractivity contribution in [2.45, 2.75) is 13.0 Å². The van der Waals surface area contributed by atoms with Gasteiger partial charge in [0.05, 0.1) is 12.7 Å². The van der Waals surface area contributed by atoms with E-state index in [-0.39, 0.29) is 11.5 Å². The molecule has 1 heterocycles. The minimum Gasteiger partial charge on any atom is -0.481 e. The highest BCUT2D eigenvalue weighted by molar-refractivity contribution is 5.91. The van der Waals surface area contributed by atoms with Crippen LogP contribution in [0.2, 0.25) is 0 Å². The number of esters is 1. The molecule has 6 heteroatoms. The molecule has 1 rings (SSSR count). The van der Waals surface area contributed by atoms with E-state index in [9.17, 15) is 9.59 Å². The Kier molecular flexibility index (Phi) is 4.65. The van der Waals surface area contributed by atoms with Gasteiger partial charge >= 0.3 is 5.97 Å². The second-order valence-corrected chi connectivity index (χ2v) is 3.87. The normalized spacial score (nSPS) is 11.6. The highest BCUT2D eigenvalue weighted by Gasteiger charge is 2.20. The summed E-state index contributed by atoms with van der Waals surface area (Å²) in [7, 11) is 4.68. The molecule has 1 unspecified atom stereocenters. The SMILES string of the molecule is COc1ccc(C(=O)OC(C)C(=O)N(C)C)cn1. The number of pyridine rings is 1. The van der Waals surface area contributed by atoms with E-state index in [0.29, 0.717) is 5.88 Å². The van der Waals surface area contributed by atoms with Crippen molar-refractivity contribution in [2.24, 2.45) is 0 Å². The largest absolute Gasteiger partial charge is 0.481 e. The predicted octanol–water partition coefficient (Wildman–Crippen LogP) is 0.724. The van der Waals surface area contributed by atoms with E-state index in [2.05, 4.69) is 4.98 Å². The summed E-state index contributed by atoms with van der Waals surface area (Å²) >= 11 is 0. The molecule has 6 nitrogen and oxygen atoms in total. The van der Waals surface area contributed by atoms with Crippen molar-refractivity contribution in [2.75, 3.05) is 21.2 Å². The Morgan fingerprint density at radius 1 is 1.33 bits per heavy atom. The number of amides is 1. The first-order chi connectivity index (χ1) is 8.45. The van der Waals surface area contributed by atoms with Gasteiger partial charge in [-0.3, -0.25) is 4.79 Å². The van der Waals surface area contributed by atoms with Crippen molar-refractivity contribution in [1.82, 2.24) is 9.88 Å². The van der Waals surface area contributed by atoms with Crippen molar-refractivity contribution in [3.8, 4) is 5.88 Å². The van der Waals surface area contributed by atoms with Crippen LogP contribution < -0.4 is 4.74 Å². The van der Waals surface area contributed by atoms with Crippen LogP contribution in [0, 0.1) is 0 Å². The van der Waals surface area contributed by atoms with Gasteiger partial charge in [-0.25, -0.2) is 9.78 Å². The highest BCUT2D eigenvalue weighted by atomic mass is 16.5. The van der Waals surface area contributed by atoms with E-state index in [4.69, 9.17) is 9.47 Å². The van der Waals surface area contributed by atoms with Crippen molar-refractivity contribution in [1.29, 1.82) is 0 Å². The monoisotopic (exact) mass is 252 g/mol. The number of carbonyl (C=O) groups is 2. The van der Waals surface area contributed by atoms with Crippen LogP contribution in [0.15, 0.2) is 18.3 Å². The minimum atomic E-state index is -0.824. The Bertz CT molecular complexity index is 428. The third-order valence-corrected chi connectivity index (χ3v) is 2.25. The highest BCUT2D eigenvalue weighted by Crippen LogP contribution is 2.09. The molecular formula is C12H16N2O4.